The first-order valence-electron chi connectivity index (χ1n) is 5.35. The molecule has 2 heteroatoms. The van der Waals surface area contributed by atoms with Gasteiger partial charge in [0.1, 0.15) is 0 Å². The summed E-state index contributed by atoms with van der Waals surface area (Å²) in [6.45, 7) is 4.40. The van der Waals surface area contributed by atoms with Crippen molar-refractivity contribution in [3.05, 3.63) is 0 Å². The molecule has 13 heavy (non-hydrogen) atoms. The van der Waals surface area contributed by atoms with E-state index in [1.54, 1.807) is 0 Å². The van der Waals surface area contributed by atoms with Crippen LogP contribution >= 0.6 is 0 Å². The van der Waals surface area contributed by atoms with Gasteiger partial charge in [-0.2, -0.15) is 0 Å². The van der Waals surface area contributed by atoms with Gasteiger partial charge in [0.2, 0.25) is 0 Å². The van der Waals surface area contributed by atoms with Crippen molar-refractivity contribution in [1.29, 1.82) is 0 Å². The summed E-state index contributed by atoms with van der Waals surface area (Å²) in [4.78, 5) is 0. The fourth-order valence-corrected chi connectivity index (χ4v) is 2.78. The van der Waals surface area contributed by atoms with Crippen LogP contribution in [0.5, 0.6) is 0 Å². The molecule has 0 unspecified atom stereocenters. The summed E-state index contributed by atoms with van der Waals surface area (Å²) in [7, 11) is 0. The molecule has 2 aliphatic carbocycles. The maximum absolute atomic E-state index is 13.0. The van der Waals surface area contributed by atoms with Crippen molar-refractivity contribution in [3.63, 3.8) is 0 Å². The van der Waals surface area contributed by atoms with Gasteiger partial charge in [0.05, 0.1) is 0 Å². The summed E-state index contributed by atoms with van der Waals surface area (Å²) < 4.78 is 26.0. The lowest BCUT2D eigenvalue weighted by Crippen LogP contribution is -2.23. The molecule has 0 aromatic carbocycles. The SMILES string of the molecule is CC(C)C1CCC2(CC1)CC2(F)F. The number of hydrogen-bond donors (Lipinski definition) is 0. The Labute approximate surface area is 78.7 Å². The van der Waals surface area contributed by atoms with E-state index in [9.17, 15) is 8.78 Å². The first-order chi connectivity index (χ1) is 5.97. The van der Waals surface area contributed by atoms with E-state index >= 15 is 0 Å². The zero-order valence-corrected chi connectivity index (χ0v) is 8.45. The van der Waals surface area contributed by atoms with Crippen molar-refractivity contribution < 1.29 is 8.78 Å². The van der Waals surface area contributed by atoms with E-state index in [1.807, 2.05) is 0 Å². The minimum absolute atomic E-state index is 0.171. The molecule has 0 nitrogen and oxygen atoms in total. The highest BCUT2D eigenvalue weighted by Gasteiger charge is 2.70. The lowest BCUT2D eigenvalue weighted by Gasteiger charge is -2.31. The van der Waals surface area contributed by atoms with Crippen LogP contribution in [0.1, 0.15) is 46.0 Å². The predicted octanol–water partition coefficient (Wildman–Crippen LogP) is 3.86. The Bertz CT molecular complexity index is 200. The third-order valence-corrected chi connectivity index (χ3v) is 4.14. The van der Waals surface area contributed by atoms with E-state index in [4.69, 9.17) is 0 Å². The van der Waals surface area contributed by atoms with E-state index < -0.39 is 11.3 Å². The molecular formula is C11H18F2. The molecule has 2 rings (SSSR count). The van der Waals surface area contributed by atoms with E-state index in [2.05, 4.69) is 13.8 Å². The summed E-state index contributed by atoms with van der Waals surface area (Å²) in [5.74, 6) is -0.943. The summed E-state index contributed by atoms with van der Waals surface area (Å²) in [6.07, 6.45) is 3.75. The normalized spacial score (nSPS) is 42.7. The van der Waals surface area contributed by atoms with Gasteiger partial charge in [-0.15, -0.1) is 0 Å². The maximum Gasteiger partial charge on any atom is 0.254 e. The molecule has 0 amide bonds. The average Bonchev–Trinajstić information content (AvgIpc) is 2.53. The van der Waals surface area contributed by atoms with Crippen molar-refractivity contribution in [1.82, 2.24) is 0 Å². The van der Waals surface area contributed by atoms with Gasteiger partial charge in [-0.05, 0) is 37.5 Å². The second kappa shape index (κ2) is 2.68. The largest absolute Gasteiger partial charge is 0.254 e. The molecule has 0 bridgehead atoms. The van der Waals surface area contributed by atoms with Crippen LogP contribution in [0.15, 0.2) is 0 Å². The topological polar surface area (TPSA) is 0 Å². The molecule has 0 aromatic rings. The maximum atomic E-state index is 13.0. The Balaban J connectivity index is 1.91. The lowest BCUT2D eigenvalue weighted by molar-refractivity contribution is 0.0364. The Morgan fingerprint density at radius 1 is 1.15 bits per heavy atom. The Hall–Kier alpha value is -0.140. The van der Waals surface area contributed by atoms with Gasteiger partial charge in [-0.1, -0.05) is 13.8 Å². The van der Waals surface area contributed by atoms with E-state index in [-0.39, 0.29) is 6.42 Å². The van der Waals surface area contributed by atoms with Gasteiger partial charge in [-0.25, -0.2) is 8.78 Å². The molecule has 2 aliphatic rings. The van der Waals surface area contributed by atoms with Gasteiger partial charge in [-0.3, -0.25) is 0 Å². The van der Waals surface area contributed by atoms with Gasteiger partial charge >= 0.3 is 0 Å². The summed E-state index contributed by atoms with van der Waals surface area (Å²) in [5.41, 5.74) is -0.543. The molecule has 1 spiro atoms. The quantitative estimate of drug-likeness (QED) is 0.586. The highest BCUT2D eigenvalue weighted by molar-refractivity contribution is 5.11. The van der Waals surface area contributed by atoms with Gasteiger partial charge in [0.15, 0.2) is 0 Å². The minimum Gasteiger partial charge on any atom is -0.206 e. The van der Waals surface area contributed by atoms with Crippen molar-refractivity contribution in [2.45, 2.75) is 51.9 Å². The van der Waals surface area contributed by atoms with Crippen LogP contribution < -0.4 is 0 Å². The molecule has 0 atom stereocenters. The average molecular weight is 188 g/mol. The molecular weight excluding hydrogens is 170 g/mol. The molecule has 2 saturated carbocycles. The smallest absolute Gasteiger partial charge is 0.206 e. The van der Waals surface area contributed by atoms with Crippen LogP contribution in [0.25, 0.3) is 0 Å². The van der Waals surface area contributed by atoms with Crippen LogP contribution in [-0.4, -0.2) is 5.92 Å². The number of rotatable bonds is 1. The van der Waals surface area contributed by atoms with Crippen LogP contribution in [0.2, 0.25) is 0 Å². The highest BCUT2D eigenvalue weighted by Crippen LogP contribution is 2.68. The van der Waals surface area contributed by atoms with Gasteiger partial charge < -0.3 is 0 Å². The zero-order valence-electron chi connectivity index (χ0n) is 8.45. The molecule has 0 heterocycles. The molecule has 0 aromatic heterocycles. The van der Waals surface area contributed by atoms with E-state index in [0.29, 0.717) is 11.8 Å². The van der Waals surface area contributed by atoms with Crippen LogP contribution in [0.3, 0.4) is 0 Å². The van der Waals surface area contributed by atoms with Gasteiger partial charge in [0.25, 0.3) is 5.92 Å². The summed E-state index contributed by atoms with van der Waals surface area (Å²) in [5, 5.41) is 0. The van der Waals surface area contributed by atoms with Crippen molar-refractivity contribution >= 4 is 0 Å². The highest BCUT2D eigenvalue weighted by atomic mass is 19.3. The molecule has 0 N–H and O–H groups in total. The molecule has 76 valence electrons. The first kappa shape index (κ1) is 9.42. The fraction of sp³-hybridized carbons (Fsp3) is 1.00. The van der Waals surface area contributed by atoms with E-state index in [0.717, 1.165) is 25.7 Å². The number of hydrogen-bond acceptors (Lipinski definition) is 0. The third kappa shape index (κ3) is 1.38. The van der Waals surface area contributed by atoms with Crippen LogP contribution in [-0.2, 0) is 0 Å². The van der Waals surface area contributed by atoms with Crippen LogP contribution in [0.4, 0.5) is 8.78 Å². The van der Waals surface area contributed by atoms with Crippen LogP contribution in [0, 0.1) is 17.3 Å². The zero-order chi connectivity index (χ0) is 9.69. The second-order valence-corrected chi connectivity index (χ2v) is 5.24. The summed E-state index contributed by atoms with van der Waals surface area (Å²) >= 11 is 0. The molecule has 2 fully saturated rings. The lowest BCUT2D eigenvalue weighted by atomic mass is 9.75. The number of halogens is 2. The monoisotopic (exact) mass is 188 g/mol. The molecule has 0 radical (unpaired) electrons. The van der Waals surface area contributed by atoms with Gasteiger partial charge in [0, 0.05) is 11.8 Å². The van der Waals surface area contributed by atoms with E-state index in [1.165, 1.54) is 0 Å². The molecule has 0 saturated heterocycles. The molecule has 0 aliphatic heterocycles. The van der Waals surface area contributed by atoms with Crippen molar-refractivity contribution in [2.24, 2.45) is 17.3 Å². The Morgan fingerprint density at radius 3 is 1.92 bits per heavy atom. The Morgan fingerprint density at radius 2 is 1.62 bits per heavy atom. The third-order valence-electron chi connectivity index (χ3n) is 4.14. The van der Waals surface area contributed by atoms with Crippen molar-refractivity contribution in [2.75, 3.05) is 0 Å². The second-order valence-electron chi connectivity index (χ2n) is 5.24. The minimum atomic E-state index is -2.31. The fourth-order valence-electron chi connectivity index (χ4n) is 2.78. The number of alkyl halides is 2. The summed E-state index contributed by atoms with van der Waals surface area (Å²) in [6, 6.07) is 0. The van der Waals surface area contributed by atoms with Crippen molar-refractivity contribution in [3.8, 4) is 0 Å². The predicted molar refractivity (Wildman–Crippen MR) is 48.8 cm³/mol. The standard InChI is InChI=1S/C11H18F2/c1-8(2)9-3-5-10(6-4-9)7-11(10,12)13/h8-9H,3-7H2,1-2H3. The Kier molecular flexibility index (Phi) is 1.94. The first-order valence-corrected chi connectivity index (χ1v) is 5.35.